The van der Waals surface area contributed by atoms with Crippen LogP contribution in [0.1, 0.15) is 5.56 Å². The summed E-state index contributed by atoms with van der Waals surface area (Å²) in [5, 5.41) is 5.53. The monoisotopic (exact) mass is 241 g/mol. The van der Waals surface area contributed by atoms with Gasteiger partial charge in [-0.25, -0.2) is 4.79 Å². The molecule has 0 atom stereocenters. The minimum absolute atomic E-state index is 0.276. The molecule has 2 rings (SSSR count). The van der Waals surface area contributed by atoms with Crippen molar-refractivity contribution >= 4 is 17.4 Å². The maximum absolute atomic E-state index is 11.8. The number of rotatable bonds is 3. The predicted octanol–water partition coefficient (Wildman–Crippen LogP) is 2.79. The Bertz CT molecular complexity index is 526. The topological polar surface area (TPSA) is 67.1 Å². The van der Waals surface area contributed by atoms with E-state index < -0.39 is 0 Å². The van der Waals surface area contributed by atoms with Gasteiger partial charge < -0.3 is 16.4 Å². The van der Waals surface area contributed by atoms with Crippen molar-refractivity contribution in [2.24, 2.45) is 5.73 Å². The molecule has 2 aromatic carbocycles. The minimum atomic E-state index is -0.276. The predicted molar refractivity (Wildman–Crippen MR) is 73.4 cm³/mol. The summed E-state index contributed by atoms with van der Waals surface area (Å²) in [5.41, 5.74) is 7.99. The van der Waals surface area contributed by atoms with E-state index in [-0.39, 0.29) is 6.03 Å². The van der Waals surface area contributed by atoms with Gasteiger partial charge in [-0.2, -0.15) is 0 Å². The van der Waals surface area contributed by atoms with Crippen LogP contribution in [0.15, 0.2) is 54.6 Å². The van der Waals surface area contributed by atoms with E-state index in [1.165, 1.54) is 0 Å². The minimum Gasteiger partial charge on any atom is -0.326 e. The Balaban J connectivity index is 2.03. The number of amides is 2. The van der Waals surface area contributed by atoms with Gasteiger partial charge >= 0.3 is 6.03 Å². The Morgan fingerprint density at radius 1 is 0.944 bits per heavy atom. The van der Waals surface area contributed by atoms with Gasteiger partial charge in [-0.1, -0.05) is 36.4 Å². The molecular formula is C14H15N3O. The zero-order valence-corrected chi connectivity index (χ0v) is 9.89. The molecule has 92 valence electrons. The molecule has 0 saturated heterocycles. The van der Waals surface area contributed by atoms with E-state index in [0.717, 1.165) is 16.9 Å². The van der Waals surface area contributed by atoms with E-state index in [1.54, 1.807) is 0 Å². The zero-order chi connectivity index (χ0) is 12.8. The van der Waals surface area contributed by atoms with Gasteiger partial charge in [-0.15, -0.1) is 0 Å². The first-order valence-electron chi connectivity index (χ1n) is 5.70. The summed E-state index contributed by atoms with van der Waals surface area (Å²) in [6, 6.07) is 16.5. The fourth-order valence-electron chi connectivity index (χ4n) is 1.63. The molecule has 0 aliphatic carbocycles. The first-order chi connectivity index (χ1) is 8.79. The van der Waals surface area contributed by atoms with Gasteiger partial charge in [-0.3, -0.25) is 0 Å². The van der Waals surface area contributed by atoms with Gasteiger partial charge in [0.25, 0.3) is 0 Å². The van der Waals surface area contributed by atoms with Crippen LogP contribution in [0.5, 0.6) is 0 Å². The van der Waals surface area contributed by atoms with Crippen molar-refractivity contribution in [3.63, 3.8) is 0 Å². The molecule has 0 fully saturated rings. The normalized spacial score (nSPS) is 9.83. The van der Waals surface area contributed by atoms with Crippen LogP contribution in [0.2, 0.25) is 0 Å². The smallest absolute Gasteiger partial charge is 0.323 e. The van der Waals surface area contributed by atoms with Crippen molar-refractivity contribution in [1.29, 1.82) is 0 Å². The Hall–Kier alpha value is -2.33. The Kier molecular flexibility index (Phi) is 3.94. The summed E-state index contributed by atoms with van der Waals surface area (Å²) < 4.78 is 0. The lowest BCUT2D eigenvalue weighted by Crippen LogP contribution is -2.20. The van der Waals surface area contributed by atoms with Gasteiger partial charge in [0.2, 0.25) is 0 Å². The van der Waals surface area contributed by atoms with E-state index in [0.29, 0.717) is 6.54 Å². The zero-order valence-electron chi connectivity index (χ0n) is 9.89. The van der Waals surface area contributed by atoms with Crippen molar-refractivity contribution in [3.8, 4) is 0 Å². The molecular weight excluding hydrogens is 226 g/mol. The maximum Gasteiger partial charge on any atom is 0.323 e. The number of benzene rings is 2. The lowest BCUT2D eigenvalue weighted by Gasteiger charge is -2.10. The number of para-hydroxylation sites is 2. The number of hydrogen-bond donors (Lipinski definition) is 3. The third kappa shape index (κ3) is 3.09. The van der Waals surface area contributed by atoms with E-state index in [2.05, 4.69) is 10.6 Å². The van der Waals surface area contributed by atoms with Crippen molar-refractivity contribution < 1.29 is 4.79 Å². The molecule has 4 N–H and O–H groups in total. The molecule has 4 nitrogen and oxygen atoms in total. The molecule has 18 heavy (non-hydrogen) atoms. The number of nitrogens with two attached hydrogens (primary N) is 1. The number of anilines is 2. The molecule has 0 heterocycles. The molecule has 2 aromatic rings. The summed E-state index contributed by atoms with van der Waals surface area (Å²) in [5.74, 6) is 0. The summed E-state index contributed by atoms with van der Waals surface area (Å²) >= 11 is 0. The van der Waals surface area contributed by atoms with E-state index in [1.807, 2.05) is 54.6 Å². The molecule has 0 aromatic heterocycles. The van der Waals surface area contributed by atoms with E-state index >= 15 is 0 Å². The highest BCUT2D eigenvalue weighted by Crippen LogP contribution is 2.14. The van der Waals surface area contributed by atoms with Gasteiger partial charge in [-0.05, 0) is 23.8 Å². The molecule has 4 heteroatoms. The lowest BCUT2D eigenvalue weighted by atomic mass is 10.2. The van der Waals surface area contributed by atoms with Crippen molar-refractivity contribution in [3.05, 3.63) is 60.2 Å². The van der Waals surface area contributed by atoms with Crippen LogP contribution in [0.4, 0.5) is 16.2 Å². The third-order valence-corrected chi connectivity index (χ3v) is 2.52. The number of nitrogens with one attached hydrogen (secondary N) is 2. The SMILES string of the molecule is NCc1ccccc1NC(=O)Nc1ccccc1. The number of carbonyl (C=O) groups excluding carboxylic acids is 1. The van der Waals surface area contributed by atoms with Crippen LogP contribution in [0.25, 0.3) is 0 Å². The number of hydrogen-bond acceptors (Lipinski definition) is 2. The maximum atomic E-state index is 11.8. The van der Waals surface area contributed by atoms with Crippen LogP contribution in [-0.4, -0.2) is 6.03 Å². The van der Waals surface area contributed by atoms with Crippen molar-refractivity contribution in [2.45, 2.75) is 6.54 Å². The van der Waals surface area contributed by atoms with Crippen LogP contribution in [0.3, 0.4) is 0 Å². The van der Waals surface area contributed by atoms with Crippen LogP contribution in [-0.2, 0) is 6.54 Å². The molecule has 0 saturated carbocycles. The van der Waals surface area contributed by atoms with Crippen LogP contribution >= 0.6 is 0 Å². The first-order valence-corrected chi connectivity index (χ1v) is 5.70. The number of carbonyl (C=O) groups is 1. The quantitative estimate of drug-likeness (QED) is 0.773. The van der Waals surface area contributed by atoms with Gasteiger partial charge in [0.1, 0.15) is 0 Å². The summed E-state index contributed by atoms with van der Waals surface area (Å²) in [6.07, 6.45) is 0. The molecule has 0 aliphatic rings. The van der Waals surface area contributed by atoms with Gasteiger partial charge in [0, 0.05) is 17.9 Å². The molecule has 0 spiro atoms. The number of urea groups is 1. The molecule has 0 unspecified atom stereocenters. The Labute approximate surface area is 106 Å². The fourth-order valence-corrected chi connectivity index (χ4v) is 1.63. The van der Waals surface area contributed by atoms with Gasteiger partial charge in [0.05, 0.1) is 0 Å². The third-order valence-electron chi connectivity index (χ3n) is 2.52. The average Bonchev–Trinajstić information content (AvgIpc) is 2.40. The highest BCUT2D eigenvalue weighted by atomic mass is 16.2. The van der Waals surface area contributed by atoms with Gasteiger partial charge in [0.15, 0.2) is 0 Å². The average molecular weight is 241 g/mol. The van der Waals surface area contributed by atoms with Crippen molar-refractivity contribution in [1.82, 2.24) is 0 Å². The molecule has 0 radical (unpaired) electrons. The standard InChI is InChI=1S/C14H15N3O/c15-10-11-6-4-5-9-13(11)17-14(18)16-12-7-2-1-3-8-12/h1-9H,10,15H2,(H2,16,17,18). The Morgan fingerprint density at radius 3 is 2.33 bits per heavy atom. The second-order valence-corrected chi connectivity index (χ2v) is 3.81. The second-order valence-electron chi connectivity index (χ2n) is 3.81. The van der Waals surface area contributed by atoms with Crippen molar-refractivity contribution in [2.75, 3.05) is 10.6 Å². The highest BCUT2D eigenvalue weighted by Gasteiger charge is 2.05. The van der Waals surface area contributed by atoms with E-state index in [4.69, 9.17) is 5.73 Å². The Morgan fingerprint density at radius 2 is 1.61 bits per heavy atom. The van der Waals surface area contributed by atoms with Crippen LogP contribution < -0.4 is 16.4 Å². The summed E-state index contributed by atoms with van der Waals surface area (Å²) in [4.78, 5) is 11.8. The highest BCUT2D eigenvalue weighted by molar-refractivity contribution is 6.00. The fraction of sp³-hybridized carbons (Fsp3) is 0.0714. The lowest BCUT2D eigenvalue weighted by molar-refractivity contribution is 0.262. The summed E-state index contributed by atoms with van der Waals surface area (Å²) in [6.45, 7) is 0.391. The largest absolute Gasteiger partial charge is 0.326 e. The second kappa shape index (κ2) is 5.84. The summed E-state index contributed by atoms with van der Waals surface area (Å²) in [7, 11) is 0. The molecule has 2 amide bonds. The van der Waals surface area contributed by atoms with E-state index in [9.17, 15) is 4.79 Å². The molecule has 0 aliphatic heterocycles. The van der Waals surface area contributed by atoms with Crippen LogP contribution in [0, 0.1) is 0 Å². The molecule has 0 bridgehead atoms. The first kappa shape index (κ1) is 12.1.